The van der Waals surface area contributed by atoms with Crippen molar-refractivity contribution in [2.45, 2.75) is 58.5 Å². The number of amides is 1. The number of rotatable bonds is 10. The molecule has 0 unspecified atom stereocenters. The number of hydrogen-bond donors (Lipinski definition) is 2. The minimum absolute atomic E-state index is 0.186. The summed E-state index contributed by atoms with van der Waals surface area (Å²) < 4.78 is 4.98. The first-order valence-electron chi connectivity index (χ1n) is 12.9. The molecular formula is C28H37N3O4. The molecule has 0 bridgehead atoms. The lowest BCUT2D eigenvalue weighted by molar-refractivity contribution is -0.143. The summed E-state index contributed by atoms with van der Waals surface area (Å²) in [5, 5.41) is 14.0. The van der Waals surface area contributed by atoms with Crippen LogP contribution in [0.15, 0.2) is 36.4 Å². The Morgan fingerprint density at radius 1 is 0.914 bits per heavy atom. The summed E-state index contributed by atoms with van der Waals surface area (Å²) in [7, 11) is 0. The molecule has 0 spiro atoms. The van der Waals surface area contributed by atoms with Gasteiger partial charge in [-0.2, -0.15) is 0 Å². The Kier molecular flexibility index (Phi) is 8.77. The van der Waals surface area contributed by atoms with E-state index < -0.39 is 0 Å². The molecule has 2 saturated heterocycles. The van der Waals surface area contributed by atoms with E-state index in [1.807, 2.05) is 36.4 Å². The molecule has 2 aromatic carbocycles. The molecule has 2 aliphatic rings. The number of carbonyl (C=O) groups excluding carboxylic acids is 2. The van der Waals surface area contributed by atoms with Crippen molar-refractivity contribution in [2.75, 3.05) is 38.1 Å². The van der Waals surface area contributed by atoms with Crippen molar-refractivity contribution in [1.29, 1.82) is 0 Å². The zero-order valence-corrected chi connectivity index (χ0v) is 20.7. The normalized spacial score (nSPS) is 16.5. The smallest absolute Gasteiger partial charge is 0.306 e. The molecule has 7 nitrogen and oxygen atoms in total. The monoisotopic (exact) mass is 479 g/mol. The van der Waals surface area contributed by atoms with Crippen molar-refractivity contribution in [1.82, 2.24) is 9.80 Å². The van der Waals surface area contributed by atoms with Crippen LogP contribution in [0, 0.1) is 0 Å². The Balaban J connectivity index is 1.46. The van der Waals surface area contributed by atoms with Gasteiger partial charge in [0.1, 0.15) is 5.75 Å². The van der Waals surface area contributed by atoms with Gasteiger partial charge in [0.25, 0.3) is 5.91 Å². The number of nitrogens with zero attached hydrogens (tertiary/aromatic N) is 2. The maximum atomic E-state index is 13.2. The van der Waals surface area contributed by atoms with Crippen molar-refractivity contribution in [2.24, 2.45) is 0 Å². The van der Waals surface area contributed by atoms with Gasteiger partial charge < -0.3 is 15.2 Å². The lowest BCUT2D eigenvalue weighted by Gasteiger charge is -2.21. The number of hydrogen-bond acceptors (Lipinski definition) is 6. The molecule has 0 aromatic heterocycles. The molecule has 7 heteroatoms. The van der Waals surface area contributed by atoms with Gasteiger partial charge >= 0.3 is 5.97 Å². The highest BCUT2D eigenvalue weighted by Crippen LogP contribution is 2.30. The number of phenols is 1. The van der Waals surface area contributed by atoms with Crippen LogP contribution >= 0.6 is 0 Å². The number of phenolic OH excluding ortho intramolecular Hbond substituents is 1. The molecule has 2 fully saturated rings. The maximum absolute atomic E-state index is 13.2. The zero-order chi connectivity index (χ0) is 24.6. The van der Waals surface area contributed by atoms with Gasteiger partial charge in [0.2, 0.25) is 0 Å². The molecule has 0 atom stereocenters. The third-order valence-corrected chi connectivity index (χ3v) is 6.85. The number of likely N-dealkylation sites (tertiary alicyclic amines) is 2. The number of nitrogens with one attached hydrogen (secondary N) is 1. The highest BCUT2D eigenvalue weighted by Gasteiger charge is 2.21. The first-order chi connectivity index (χ1) is 17.0. The van der Waals surface area contributed by atoms with E-state index >= 15 is 0 Å². The summed E-state index contributed by atoms with van der Waals surface area (Å²) in [6, 6.07) is 11.2. The lowest BCUT2D eigenvalue weighted by atomic mass is 10.0. The topological polar surface area (TPSA) is 82.1 Å². The van der Waals surface area contributed by atoms with Gasteiger partial charge in [0.15, 0.2) is 0 Å². The molecule has 0 saturated carbocycles. The van der Waals surface area contributed by atoms with E-state index in [4.69, 9.17) is 4.74 Å². The molecule has 188 valence electrons. The molecule has 0 aliphatic carbocycles. The van der Waals surface area contributed by atoms with Crippen LogP contribution in [0.25, 0.3) is 0 Å². The minimum Gasteiger partial charge on any atom is -0.507 e. The zero-order valence-electron chi connectivity index (χ0n) is 20.7. The van der Waals surface area contributed by atoms with Crippen LogP contribution in [0.5, 0.6) is 5.75 Å². The molecule has 35 heavy (non-hydrogen) atoms. The Labute approximate surface area is 208 Å². The molecule has 0 radical (unpaired) electrons. The lowest BCUT2D eigenvalue weighted by Crippen LogP contribution is -2.22. The standard InChI is InChI=1S/C28H37N3O4/c1-2-35-26(32)12-9-21-7-10-25(11-8-21)29-28(34)22-17-23(19-30-13-3-4-14-30)27(33)24(18-22)20-31-15-5-6-16-31/h7-8,10-11,17-18,33H,2-6,9,12-16,19-20H2,1H3,(H,29,34). The molecule has 2 N–H and O–H groups in total. The van der Waals surface area contributed by atoms with Gasteiger partial charge in [0.05, 0.1) is 6.61 Å². The molecule has 4 rings (SSSR count). The number of anilines is 1. The SMILES string of the molecule is CCOC(=O)CCc1ccc(NC(=O)c2cc(CN3CCCC3)c(O)c(CN3CCCC3)c2)cc1. The Bertz CT molecular complexity index is 970. The van der Waals surface area contributed by atoms with E-state index in [0.29, 0.717) is 49.5 Å². The molecule has 1 amide bonds. The maximum Gasteiger partial charge on any atom is 0.306 e. The van der Waals surface area contributed by atoms with E-state index in [9.17, 15) is 14.7 Å². The fourth-order valence-electron chi connectivity index (χ4n) is 4.93. The molecule has 2 heterocycles. The third-order valence-electron chi connectivity index (χ3n) is 6.85. The fraction of sp³-hybridized carbons (Fsp3) is 0.500. The number of benzene rings is 2. The summed E-state index contributed by atoms with van der Waals surface area (Å²) in [6.45, 7) is 7.62. The van der Waals surface area contributed by atoms with Crippen LogP contribution in [0.4, 0.5) is 5.69 Å². The fourth-order valence-corrected chi connectivity index (χ4v) is 4.93. The van der Waals surface area contributed by atoms with Crippen LogP contribution in [-0.2, 0) is 29.0 Å². The summed E-state index contributed by atoms with van der Waals surface area (Å²) >= 11 is 0. The predicted molar refractivity (Wildman–Crippen MR) is 136 cm³/mol. The number of aromatic hydroxyl groups is 1. The number of carbonyl (C=O) groups is 2. The van der Waals surface area contributed by atoms with E-state index in [1.54, 1.807) is 6.92 Å². The largest absolute Gasteiger partial charge is 0.507 e. The molecule has 2 aliphatic heterocycles. The second kappa shape index (κ2) is 12.2. The van der Waals surface area contributed by atoms with Gasteiger partial charge in [-0.3, -0.25) is 19.4 Å². The minimum atomic E-state index is -0.202. The van der Waals surface area contributed by atoms with E-state index in [0.717, 1.165) is 42.9 Å². The first-order valence-corrected chi connectivity index (χ1v) is 12.9. The summed E-state index contributed by atoms with van der Waals surface area (Å²) in [6.07, 6.45) is 5.65. The number of aryl methyl sites for hydroxylation is 1. The van der Waals surface area contributed by atoms with Crippen molar-refractivity contribution < 1.29 is 19.4 Å². The van der Waals surface area contributed by atoms with Crippen LogP contribution in [-0.4, -0.2) is 59.6 Å². The van der Waals surface area contributed by atoms with E-state index in [1.165, 1.54) is 25.7 Å². The summed E-state index contributed by atoms with van der Waals surface area (Å²) in [4.78, 5) is 29.5. The van der Waals surface area contributed by atoms with Gasteiger partial charge in [-0.1, -0.05) is 12.1 Å². The van der Waals surface area contributed by atoms with Crippen molar-refractivity contribution in [3.8, 4) is 5.75 Å². The van der Waals surface area contributed by atoms with Gasteiger partial charge in [0, 0.05) is 41.9 Å². The van der Waals surface area contributed by atoms with Crippen molar-refractivity contribution in [3.05, 3.63) is 58.7 Å². The second-order valence-electron chi connectivity index (χ2n) is 9.57. The van der Waals surface area contributed by atoms with Crippen LogP contribution in [0.3, 0.4) is 0 Å². The Morgan fingerprint density at radius 3 is 1.97 bits per heavy atom. The van der Waals surface area contributed by atoms with E-state index in [2.05, 4.69) is 15.1 Å². The van der Waals surface area contributed by atoms with Crippen LogP contribution in [0.2, 0.25) is 0 Å². The third kappa shape index (κ3) is 7.05. The quantitative estimate of drug-likeness (QED) is 0.494. The summed E-state index contributed by atoms with van der Waals surface area (Å²) in [5.41, 5.74) is 3.93. The van der Waals surface area contributed by atoms with Crippen molar-refractivity contribution in [3.63, 3.8) is 0 Å². The Morgan fingerprint density at radius 2 is 1.46 bits per heavy atom. The first kappa shape index (κ1) is 25.2. The average Bonchev–Trinajstić information content (AvgIpc) is 3.56. The molecule has 2 aromatic rings. The van der Waals surface area contributed by atoms with Crippen molar-refractivity contribution >= 4 is 17.6 Å². The van der Waals surface area contributed by atoms with E-state index in [-0.39, 0.29) is 11.9 Å². The predicted octanol–water partition coefficient (Wildman–Crippen LogP) is 4.33. The highest BCUT2D eigenvalue weighted by atomic mass is 16.5. The van der Waals surface area contributed by atoms with Gasteiger partial charge in [-0.25, -0.2) is 0 Å². The second-order valence-corrected chi connectivity index (χ2v) is 9.57. The average molecular weight is 480 g/mol. The Hall–Kier alpha value is -2.90. The van der Waals surface area contributed by atoms with Gasteiger partial charge in [-0.15, -0.1) is 0 Å². The number of esters is 1. The highest BCUT2D eigenvalue weighted by molar-refractivity contribution is 6.04. The molecular weight excluding hydrogens is 442 g/mol. The number of ether oxygens (including phenoxy) is 1. The van der Waals surface area contributed by atoms with Crippen LogP contribution in [0.1, 0.15) is 66.1 Å². The summed E-state index contributed by atoms with van der Waals surface area (Å²) in [5.74, 6) is -0.0624. The van der Waals surface area contributed by atoms with Gasteiger partial charge in [-0.05, 0) is 95.0 Å². The van der Waals surface area contributed by atoms with Crippen LogP contribution < -0.4 is 5.32 Å².